The number of carbonyl (C=O) groups excluding carboxylic acids is 1. The molecule has 2 aromatic carbocycles. The second kappa shape index (κ2) is 7.34. The number of ether oxygens (including phenoxy) is 1. The molecule has 0 spiro atoms. The minimum Gasteiger partial charge on any atom is -0.420 e. The van der Waals surface area contributed by atoms with E-state index in [1.54, 1.807) is 18.2 Å². The van der Waals surface area contributed by atoms with Crippen LogP contribution in [0.1, 0.15) is 24.0 Å². The van der Waals surface area contributed by atoms with Crippen molar-refractivity contribution in [1.82, 2.24) is 10.2 Å². The summed E-state index contributed by atoms with van der Waals surface area (Å²) in [5.41, 5.74) is 9.81. The molecule has 1 aliphatic rings. The van der Waals surface area contributed by atoms with Crippen LogP contribution in [0.2, 0.25) is 5.02 Å². The van der Waals surface area contributed by atoms with Gasteiger partial charge in [-0.1, -0.05) is 41.9 Å². The predicted molar refractivity (Wildman–Crippen MR) is 109 cm³/mol. The Hall–Kier alpha value is -3.76. The third-order valence-corrected chi connectivity index (χ3v) is 4.98. The Kier molecular flexibility index (Phi) is 4.71. The number of carbonyl (C=O) groups is 1. The number of H-pyrrole nitrogens is 1. The van der Waals surface area contributed by atoms with Crippen molar-refractivity contribution in [3.05, 3.63) is 76.1 Å². The number of aromatic nitrogens is 2. The monoisotopic (exact) mass is 405 g/mol. The largest absolute Gasteiger partial charge is 0.420 e. The Labute approximate surface area is 171 Å². The van der Waals surface area contributed by atoms with Crippen LogP contribution >= 0.6 is 11.6 Å². The van der Waals surface area contributed by atoms with Crippen molar-refractivity contribution in [2.75, 3.05) is 5.32 Å². The number of amides is 1. The number of nitrogens with one attached hydrogen (secondary N) is 2. The molecular weight excluding hydrogens is 390 g/mol. The standard InChI is InChI=1S/C21H16ClN5O2/c1-11(28)25-13-8-6-12(7-9-13)17-15(10-23)20(24)29-21-18(17)19(26-27-21)14-4-2-3-5-16(14)22/h2-9,17H,24H2,1H3,(H,25,28)(H,26,27)/t17-/m1/s1. The molecule has 8 heteroatoms. The molecule has 0 saturated carbocycles. The summed E-state index contributed by atoms with van der Waals surface area (Å²) in [4.78, 5) is 11.3. The van der Waals surface area contributed by atoms with Crippen LogP contribution in [0.25, 0.3) is 11.3 Å². The molecule has 0 unspecified atom stereocenters. The summed E-state index contributed by atoms with van der Waals surface area (Å²) in [7, 11) is 0. The van der Waals surface area contributed by atoms with Crippen molar-refractivity contribution < 1.29 is 9.53 Å². The van der Waals surface area contributed by atoms with Crippen LogP contribution in [0.15, 0.2) is 60.0 Å². The maximum absolute atomic E-state index is 11.3. The highest BCUT2D eigenvalue weighted by molar-refractivity contribution is 6.33. The van der Waals surface area contributed by atoms with Crippen LogP contribution in [-0.2, 0) is 4.79 Å². The van der Waals surface area contributed by atoms with Gasteiger partial charge in [-0.3, -0.25) is 9.89 Å². The smallest absolute Gasteiger partial charge is 0.244 e. The van der Waals surface area contributed by atoms with Crippen molar-refractivity contribution in [3.63, 3.8) is 0 Å². The predicted octanol–water partition coefficient (Wildman–Crippen LogP) is 3.91. The van der Waals surface area contributed by atoms with Gasteiger partial charge in [-0.25, -0.2) is 0 Å². The lowest BCUT2D eigenvalue weighted by Crippen LogP contribution is -2.21. The molecule has 0 fully saturated rings. The lowest BCUT2D eigenvalue weighted by Gasteiger charge is -2.24. The third kappa shape index (κ3) is 3.30. The number of benzene rings is 2. The summed E-state index contributed by atoms with van der Waals surface area (Å²) in [5.74, 6) is -0.357. The van der Waals surface area contributed by atoms with Gasteiger partial charge in [-0.2, -0.15) is 5.26 Å². The van der Waals surface area contributed by atoms with E-state index in [0.29, 0.717) is 27.8 Å². The SMILES string of the molecule is CC(=O)Nc1ccc([C@@H]2C(C#N)=C(N)Oc3n[nH]c(-c4ccccc4Cl)c32)cc1. The van der Waals surface area contributed by atoms with Gasteiger partial charge < -0.3 is 15.8 Å². The number of aromatic amines is 1. The minimum atomic E-state index is -0.500. The summed E-state index contributed by atoms with van der Waals surface area (Å²) in [6, 6.07) is 16.7. The number of nitrogens with two attached hydrogens (primary N) is 1. The summed E-state index contributed by atoms with van der Waals surface area (Å²) in [6.45, 7) is 1.44. The van der Waals surface area contributed by atoms with Gasteiger partial charge >= 0.3 is 0 Å². The van der Waals surface area contributed by atoms with Crippen molar-refractivity contribution in [1.29, 1.82) is 5.26 Å². The second-order valence-electron chi connectivity index (χ2n) is 6.53. The van der Waals surface area contributed by atoms with Crippen molar-refractivity contribution >= 4 is 23.2 Å². The average molecular weight is 406 g/mol. The maximum atomic E-state index is 11.3. The molecule has 1 atom stereocenters. The van der Waals surface area contributed by atoms with E-state index in [2.05, 4.69) is 21.6 Å². The number of fused-ring (bicyclic) bond motifs is 1. The number of rotatable bonds is 3. The first-order chi connectivity index (χ1) is 14.0. The Morgan fingerprint density at radius 1 is 1.28 bits per heavy atom. The lowest BCUT2D eigenvalue weighted by atomic mass is 9.83. The van der Waals surface area contributed by atoms with Crippen LogP contribution < -0.4 is 15.8 Å². The molecule has 1 aliphatic heterocycles. The summed E-state index contributed by atoms with van der Waals surface area (Å²) >= 11 is 6.39. The van der Waals surface area contributed by atoms with Crippen molar-refractivity contribution in [2.45, 2.75) is 12.8 Å². The fraction of sp³-hybridized carbons (Fsp3) is 0.0952. The molecular formula is C21H16ClN5O2. The molecule has 0 bridgehead atoms. The van der Waals surface area contributed by atoms with E-state index >= 15 is 0 Å². The Morgan fingerprint density at radius 3 is 2.66 bits per heavy atom. The molecule has 0 aliphatic carbocycles. The highest BCUT2D eigenvalue weighted by atomic mass is 35.5. The third-order valence-electron chi connectivity index (χ3n) is 4.65. The van der Waals surface area contributed by atoms with Crippen LogP contribution in [0, 0.1) is 11.3 Å². The lowest BCUT2D eigenvalue weighted by molar-refractivity contribution is -0.114. The number of hydrogen-bond acceptors (Lipinski definition) is 5. The van der Waals surface area contributed by atoms with Crippen molar-refractivity contribution in [2.24, 2.45) is 5.73 Å². The summed E-state index contributed by atoms with van der Waals surface area (Å²) in [6.07, 6.45) is 0. The fourth-order valence-electron chi connectivity index (χ4n) is 3.41. The molecule has 29 heavy (non-hydrogen) atoms. The molecule has 4 N–H and O–H groups in total. The number of hydrogen-bond donors (Lipinski definition) is 3. The van der Waals surface area contributed by atoms with E-state index in [1.165, 1.54) is 6.92 Å². The number of anilines is 1. The molecule has 3 aromatic rings. The highest BCUT2D eigenvalue weighted by Crippen LogP contribution is 2.46. The molecule has 0 saturated heterocycles. The first kappa shape index (κ1) is 18.6. The van der Waals surface area contributed by atoms with E-state index in [9.17, 15) is 10.1 Å². The zero-order valence-electron chi connectivity index (χ0n) is 15.4. The van der Waals surface area contributed by atoms with E-state index in [0.717, 1.165) is 11.1 Å². The molecule has 2 heterocycles. The van der Waals surface area contributed by atoms with Gasteiger partial charge in [-0.15, -0.1) is 5.10 Å². The van der Waals surface area contributed by atoms with Gasteiger partial charge in [0.1, 0.15) is 11.6 Å². The average Bonchev–Trinajstić information content (AvgIpc) is 3.10. The zero-order chi connectivity index (χ0) is 20.5. The van der Waals surface area contributed by atoms with Crippen LogP contribution in [-0.4, -0.2) is 16.1 Å². The molecule has 0 radical (unpaired) electrons. The quantitative estimate of drug-likeness (QED) is 0.610. The van der Waals surface area contributed by atoms with Gasteiger partial charge in [-0.05, 0) is 23.8 Å². The number of nitrogens with zero attached hydrogens (tertiary/aromatic N) is 2. The van der Waals surface area contributed by atoms with Gasteiger partial charge in [0, 0.05) is 23.2 Å². The van der Waals surface area contributed by atoms with Gasteiger partial charge in [0.2, 0.25) is 17.7 Å². The van der Waals surface area contributed by atoms with Crippen LogP contribution in [0.5, 0.6) is 5.88 Å². The highest BCUT2D eigenvalue weighted by Gasteiger charge is 2.35. The van der Waals surface area contributed by atoms with Crippen molar-refractivity contribution in [3.8, 4) is 23.2 Å². The molecule has 7 nitrogen and oxygen atoms in total. The van der Waals surface area contributed by atoms with E-state index in [1.807, 2.05) is 30.3 Å². The van der Waals surface area contributed by atoms with Gasteiger partial charge in [0.15, 0.2) is 0 Å². The summed E-state index contributed by atoms with van der Waals surface area (Å²) < 4.78 is 5.60. The number of allylic oxidation sites excluding steroid dienone is 1. The second-order valence-corrected chi connectivity index (χ2v) is 6.93. The zero-order valence-corrected chi connectivity index (χ0v) is 16.1. The van der Waals surface area contributed by atoms with Gasteiger partial charge in [0.05, 0.1) is 17.2 Å². The normalized spacial score (nSPS) is 15.3. The number of halogens is 1. The van der Waals surface area contributed by atoms with E-state index in [4.69, 9.17) is 22.1 Å². The maximum Gasteiger partial charge on any atom is 0.244 e. The molecule has 144 valence electrons. The van der Waals surface area contributed by atoms with Gasteiger partial charge in [0.25, 0.3) is 0 Å². The van der Waals surface area contributed by atoms with Crippen LogP contribution in [0.3, 0.4) is 0 Å². The first-order valence-electron chi connectivity index (χ1n) is 8.78. The minimum absolute atomic E-state index is 0.00754. The van der Waals surface area contributed by atoms with E-state index in [-0.39, 0.29) is 17.4 Å². The Balaban J connectivity index is 1.88. The topological polar surface area (TPSA) is 117 Å². The molecule has 1 amide bonds. The Bertz CT molecular complexity index is 1170. The molecule has 1 aromatic heterocycles. The first-order valence-corrected chi connectivity index (χ1v) is 9.15. The Morgan fingerprint density at radius 2 is 2.00 bits per heavy atom. The summed E-state index contributed by atoms with van der Waals surface area (Å²) in [5, 5.41) is 20.2. The van der Waals surface area contributed by atoms with Crippen LogP contribution in [0.4, 0.5) is 5.69 Å². The fourth-order valence-corrected chi connectivity index (χ4v) is 3.64. The van der Waals surface area contributed by atoms with E-state index < -0.39 is 5.92 Å². The molecule has 4 rings (SSSR count). The number of nitriles is 1.